The third kappa shape index (κ3) is 4.00. The van der Waals surface area contributed by atoms with Crippen LogP contribution >= 0.6 is 15.9 Å². The molecule has 2 rings (SSSR count). The van der Waals surface area contributed by atoms with Gasteiger partial charge in [-0.3, -0.25) is 4.79 Å². The second-order valence-corrected chi connectivity index (χ2v) is 6.06. The Kier molecular flexibility index (Phi) is 5.95. The van der Waals surface area contributed by atoms with Crippen LogP contribution in [0.5, 0.6) is 0 Å². The first-order chi connectivity index (χ1) is 11.0. The number of esters is 1. The predicted octanol–water partition coefficient (Wildman–Crippen LogP) is 1.91. The van der Waals surface area contributed by atoms with Crippen LogP contribution in [0.1, 0.15) is 40.6 Å². The first-order valence-electron chi connectivity index (χ1n) is 7.36. The van der Waals surface area contributed by atoms with Crippen molar-refractivity contribution < 1.29 is 24.2 Å². The van der Waals surface area contributed by atoms with Gasteiger partial charge >= 0.3 is 11.9 Å². The van der Waals surface area contributed by atoms with E-state index in [-0.39, 0.29) is 28.3 Å². The molecule has 0 saturated carbocycles. The molecule has 1 aromatic rings. The van der Waals surface area contributed by atoms with Crippen molar-refractivity contribution in [3.05, 3.63) is 32.2 Å². The van der Waals surface area contributed by atoms with E-state index >= 15 is 0 Å². The summed E-state index contributed by atoms with van der Waals surface area (Å²) in [6, 6.07) is 0. The SMILES string of the molecule is CCOC(=O)c1c(Br)c(=O)c(C(=O)O)cn1CC1CCOCC1. The molecule has 23 heavy (non-hydrogen) atoms. The standard InChI is InChI=1S/C15H18BrNO6/c1-2-23-15(21)12-11(16)13(18)10(14(19)20)8-17(12)7-9-3-5-22-6-4-9/h8-9H,2-7H2,1H3,(H,19,20). The van der Waals surface area contributed by atoms with Crippen molar-refractivity contribution in [1.82, 2.24) is 4.57 Å². The van der Waals surface area contributed by atoms with E-state index in [9.17, 15) is 19.5 Å². The van der Waals surface area contributed by atoms with Crippen LogP contribution in [0.2, 0.25) is 0 Å². The van der Waals surface area contributed by atoms with Crippen molar-refractivity contribution in [1.29, 1.82) is 0 Å². The second kappa shape index (κ2) is 7.74. The Bertz CT molecular complexity index is 663. The van der Waals surface area contributed by atoms with E-state index in [0.29, 0.717) is 19.8 Å². The van der Waals surface area contributed by atoms with Gasteiger partial charge in [-0.25, -0.2) is 9.59 Å². The van der Waals surface area contributed by atoms with E-state index in [1.165, 1.54) is 10.8 Å². The molecule has 2 heterocycles. The fourth-order valence-electron chi connectivity index (χ4n) is 2.54. The Balaban J connectivity index is 2.48. The fraction of sp³-hybridized carbons (Fsp3) is 0.533. The minimum Gasteiger partial charge on any atom is -0.477 e. The fourth-order valence-corrected chi connectivity index (χ4v) is 3.14. The van der Waals surface area contributed by atoms with Gasteiger partial charge in [-0.1, -0.05) is 0 Å². The molecule has 1 saturated heterocycles. The maximum Gasteiger partial charge on any atom is 0.356 e. The van der Waals surface area contributed by atoms with Crippen LogP contribution in [0.15, 0.2) is 15.5 Å². The molecule has 0 amide bonds. The van der Waals surface area contributed by atoms with Crippen LogP contribution in [-0.4, -0.2) is 41.4 Å². The molecule has 7 nitrogen and oxygen atoms in total. The van der Waals surface area contributed by atoms with Crippen LogP contribution < -0.4 is 5.43 Å². The Hall–Kier alpha value is -1.67. The largest absolute Gasteiger partial charge is 0.477 e. The van der Waals surface area contributed by atoms with Crippen LogP contribution in [0, 0.1) is 5.92 Å². The molecule has 0 spiro atoms. The van der Waals surface area contributed by atoms with Gasteiger partial charge in [0.05, 0.1) is 11.1 Å². The van der Waals surface area contributed by atoms with Crippen LogP contribution in [-0.2, 0) is 16.0 Å². The molecule has 0 bridgehead atoms. The smallest absolute Gasteiger partial charge is 0.356 e. The Labute approximate surface area is 141 Å². The van der Waals surface area contributed by atoms with Crippen LogP contribution in [0.4, 0.5) is 0 Å². The van der Waals surface area contributed by atoms with E-state index in [2.05, 4.69) is 15.9 Å². The number of rotatable bonds is 5. The zero-order chi connectivity index (χ0) is 17.0. The number of carboxylic acid groups (broad SMARTS) is 1. The second-order valence-electron chi connectivity index (χ2n) is 5.27. The number of aromatic carboxylic acids is 1. The number of ether oxygens (including phenoxy) is 2. The number of hydrogen-bond donors (Lipinski definition) is 1. The van der Waals surface area contributed by atoms with Crippen LogP contribution in [0.25, 0.3) is 0 Å². The number of hydrogen-bond acceptors (Lipinski definition) is 5. The average Bonchev–Trinajstić information content (AvgIpc) is 2.51. The summed E-state index contributed by atoms with van der Waals surface area (Å²) in [7, 11) is 0. The van der Waals surface area contributed by atoms with Crippen molar-refractivity contribution in [2.75, 3.05) is 19.8 Å². The molecule has 0 aliphatic carbocycles. The Morgan fingerprint density at radius 2 is 2.09 bits per heavy atom. The van der Waals surface area contributed by atoms with Crippen molar-refractivity contribution >= 4 is 27.9 Å². The van der Waals surface area contributed by atoms with Gasteiger partial charge in [0.2, 0.25) is 5.43 Å². The number of carbonyl (C=O) groups is 2. The molecule has 1 aliphatic rings. The highest BCUT2D eigenvalue weighted by molar-refractivity contribution is 9.10. The van der Waals surface area contributed by atoms with Crippen LogP contribution in [0.3, 0.4) is 0 Å². The molecule has 1 fully saturated rings. The van der Waals surface area contributed by atoms with E-state index in [1.807, 2.05) is 0 Å². The van der Waals surface area contributed by atoms with Gasteiger partial charge in [0.25, 0.3) is 0 Å². The maximum absolute atomic E-state index is 12.2. The molecule has 1 aliphatic heterocycles. The van der Waals surface area contributed by atoms with E-state index in [1.54, 1.807) is 6.92 Å². The quantitative estimate of drug-likeness (QED) is 0.775. The van der Waals surface area contributed by atoms with Gasteiger partial charge in [-0.05, 0) is 41.6 Å². The number of pyridine rings is 1. The van der Waals surface area contributed by atoms with Crippen molar-refractivity contribution in [2.45, 2.75) is 26.3 Å². The highest BCUT2D eigenvalue weighted by Crippen LogP contribution is 2.21. The lowest BCUT2D eigenvalue weighted by molar-refractivity contribution is 0.0490. The van der Waals surface area contributed by atoms with Gasteiger partial charge in [-0.2, -0.15) is 0 Å². The molecule has 1 N–H and O–H groups in total. The molecular formula is C15H18BrNO6. The molecule has 0 atom stereocenters. The summed E-state index contributed by atoms with van der Waals surface area (Å²) in [6.45, 7) is 3.52. The maximum atomic E-state index is 12.2. The topological polar surface area (TPSA) is 94.8 Å². The first kappa shape index (κ1) is 17.7. The highest BCUT2D eigenvalue weighted by atomic mass is 79.9. The first-order valence-corrected chi connectivity index (χ1v) is 8.16. The third-order valence-corrected chi connectivity index (χ3v) is 4.45. The lowest BCUT2D eigenvalue weighted by Crippen LogP contribution is -2.29. The number of halogens is 1. The van der Waals surface area contributed by atoms with Crippen molar-refractivity contribution in [3.8, 4) is 0 Å². The zero-order valence-electron chi connectivity index (χ0n) is 12.7. The number of nitrogens with zero attached hydrogens (tertiary/aromatic N) is 1. The van der Waals surface area contributed by atoms with Gasteiger partial charge < -0.3 is 19.1 Å². The average molecular weight is 388 g/mol. The number of aromatic nitrogens is 1. The summed E-state index contributed by atoms with van der Waals surface area (Å²) >= 11 is 3.06. The lowest BCUT2D eigenvalue weighted by atomic mass is 10.00. The van der Waals surface area contributed by atoms with Gasteiger partial charge in [0.1, 0.15) is 11.3 Å². The van der Waals surface area contributed by atoms with E-state index < -0.39 is 17.4 Å². The Morgan fingerprint density at radius 1 is 1.43 bits per heavy atom. The van der Waals surface area contributed by atoms with Crippen molar-refractivity contribution in [2.24, 2.45) is 5.92 Å². The summed E-state index contributed by atoms with van der Waals surface area (Å²) in [5, 5.41) is 9.18. The molecule has 8 heteroatoms. The van der Waals surface area contributed by atoms with Crippen molar-refractivity contribution in [3.63, 3.8) is 0 Å². The number of carbonyl (C=O) groups excluding carboxylic acids is 1. The summed E-state index contributed by atoms with van der Waals surface area (Å²) < 4.78 is 11.7. The summed E-state index contributed by atoms with van der Waals surface area (Å²) in [5.74, 6) is -1.74. The van der Waals surface area contributed by atoms with E-state index in [4.69, 9.17) is 9.47 Å². The van der Waals surface area contributed by atoms with Gasteiger partial charge in [0, 0.05) is 26.0 Å². The summed E-state index contributed by atoms with van der Waals surface area (Å²) in [5.41, 5.74) is -1.06. The zero-order valence-corrected chi connectivity index (χ0v) is 14.3. The molecule has 0 radical (unpaired) electrons. The minimum absolute atomic E-state index is 0.0494. The summed E-state index contributed by atoms with van der Waals surface area (Å²) in [6.07, 6.45) is 2.85. The normalized spacial score (nSPS) is 15.4. The molecular weight excluding hydrogens is 370 g/mol. The molecule has 0 unspecified atom stereocenters. The third-order valence-electron chi connectivity index (χ3n) is 3.72. The van der Waals surface area contributed by atoms with Gasteiger partial charge in [-0.15, -0.1) is 0 Å². The predicted molar refractivity (Wildman–Crippen MR) is 84.9 cm³/mol. The van der Waals surface area contributed by atoms with Gasteiger partial charge in [0.15, 0.2) is 0 Å². The highest BCUT2D eigenvalue weighted by Gasteiger charge is 2.25. The minimum atomic E-state index is -1.33. The molecule has 126 valence electrons. The molecule has 0 aromatic carbocycles. The Morgan fingerprint density at radius 3 is 2.65 bits per heavy atom. The number of carboxylic acids is 1. The lowest BCUT2D eigenvalue weighted by Gasteiger charge is -2.24. The monoisotopic (exact) mass is 387 g/mol. The van der Waals surface area contributed by atoms with E-state index in [0.717, 1.165) is 12.8 Å². The molecule has 1 aromatic heterocycles. The summed E-state index contributed by atoms with van der Waals surface area (Å²) in [4.78, 5) is 35.5.